The van der Waals surface area contributed by atoms with Gasteiger partial charge in [-0.05, 0) is 121 Å². The van der Waals surface area contributed by atoms with Gasteiger partial charge in [0.2, 0.25) is 0 Å². The van der Waals surface area contributed by atoms with Crippen LogP contribution < -0.4 is 0 Å². The summed E-state index contributed by atoms with van der Waals surface area (Å²) in [7, 11) is 0. The zero-order chi connectivity index (χ0) is 61.1. The maximum Gasteiger partial charge on any atom is 0.325 e. The van der Waals surface area contributed by atoms with E-state index in [9.17, 15) is 59.7 Å². The number of aliphatic carboxylic acids is 3. The SMILES string of the molecule is CCCCCCCCC=CCCCCCCC(C(=O)O)(C(=O)c1cc(O)c(O)c(O)c1)C(=O)c1cc(O)c(O)c(O)c1.CCCCCCCCC=CCCCCCCCC(=O)O.CCCCCCCCC=CCCCCCCCC(=O)O. The first-order valence-electron chi connectivity index (χ1n) is 31.7. The molecule has 0 bridgehead atoms. The third-order valence-corrected chi connectivity index (χ3v) is 14.7. The molecule has 2 aromatic carbocycles. The summed E-state index contributed by atoms with van der Waals surface area (Å²) in [5.74, 6) is -11.1. The Kier molecular flexibility index (Phi) is 47.3. The molecule has 0 saturated heterocycles. The van der Waals surface area contributed by atoms with Gasteiger partial charge in [0.15, 0.2) is 51.5 Å². The summed E-state index contributed by atoms with van der Waals surface area (Å²) < 4.78 is 0. The molecule has 0 aliphatic heterocycles. The fourth-order valence-electron chi connectivity index (χ4n) is 9.57. The molecule has 0 radical (unpaired) electrons. The average Bonchev–Trinajstić information content (AvgIpc) is 3.41. The monoisotopic (exact) mass is 1150 g/mol. The Morgan fingerprint density at radius 3 is 0.780 bits per heavy atom. The number of phenols is 6. The van der Waals surface area contributed by atoms with Crippen LogP contribution in [0.1, 0.15) is 305 Å². The van der Waals surface area contributed by atoms with Crippen LogP contribution in [-0.4, -0.2) is 75.4 Å². The summed E-state index contributed by atoms with van der Waals surface area (Å²) in [6.45, 7) is 6.71. The number of phenolic OH excluding ortho intramolecular Hbond substituents is 6. The number of hydrogen-bond acceptors (Lipinski definition) is 11. The van der Waals surface area contributed by atoms with Crippen LogP contribution >= 0.6 is 0 Å². The van der Waals surface area contributed by atoms with E-state index in [0.717, 1.165) is 75.6 Å². The van der Waals surface area contributed by atoms with Crippen molar-refractivity contribution in [3.8, 4) is 34.5 Å². The number of hydrogen-bond donors (Lipinski definition) is 9. The highest BCUT2D eigenvalue weighted by atomic mass is 16.4. The van der Waals surface area contributed by atoms with Crippen LogP contribution in [-0.2, 0) is 14.4 Å². The molecule has 466 valence electrons. The predicted molar refractivity (Wildman–Crippen MR) is 331 cm³/mol. The van der Waals surface area contributed by atoms with Crippen LogP contribution in [0.4, 0.5) is 0 Å². The van der Waals surface area contributed by atoms with E-state index in [2.05, 4.69) is 57.2 Å². The highest BCUT2D eigenvalue weighted by molar-refractivity contribution is 6.31. The second kappa shape index (κ2) is 50.9. The maximum atomic E-state index is 13.7. The van der Waals surface area contributed by atoms with Crippen LogP contribution in [0, 0.1) is 5.41 Å². The minimum absolute atomic E-state index is 0.150. The predicted octanol–water partition coefficient (Wildman–Crippen LogP) is 18.9. The lowest BCUT2D eigenvalue weighted by Gasteiger charge is -2.27. The summed E-state index contributed by atoms with van der Waals surface area (Å²) in [6.07, 6.45) is 57.8. The fourth-order valence-corrected chi connectivity index (χ4v) is 9.57. The molecule has 0 aliphatic carbocycles. The topological polar surface area (TPSA) is 267 Å². The van der Waals surface area contributed by atoms with Gasteiger partial charge in [0.1, 0.15) is 0 Å². The summed E-state index contributed by atoms with van der Waals surface area (Å²) >= 11 is 0. The number of benzene rings is 2. The van der Waals surface area contributed by atoms with Crippen molar-refractivity contribution >= 4 is 29.5 Å². The zero-order valence-electron chi connectivity index (χ0n) is 50.8. The first-order chi connectivity index (χ1) is 39.5. The summed E-state index contributed by atoms with van der Waals surface area (Å²) in [4.78, 5) is 60.6. The molecule has 82 heavy (non-hydrogen) atoms. The summed E-state index contributed by atoms with van der Waals surface area (Å²) in [6, 6.07) is 2.97. The Morgan fingerprint density at radius 1 is 0.329 bits per heavy atom. The number of carbonyl (C=O) groups excluding carboxylic acids is 2. The number of aromatic hydroxyl groups is 6. The smallest absolute Gasteiger partial charge is 0.325 e. The second-order valence-corrected chi connectivity index (χ2v) is 22.0. The fraction of sp³-hybridized carbons (Fsp3) is 0.662. The van der Waals surface area contributed by atoms with Gasteiger partial charge in [-0.1, -0.05) is 211 Å². The molecule has 0 saturated carbocycles. The highest BCUT2D eigenvalue weighted by Crippen LogP contribution is 2.43. The maximum absolute atomic E-state index is 13.7. The van der Waals surface area contributed by atoms with Crippen molar-refractivity contribution in [3.05, 3.63) is 71.8 Å². The van der Waals surface area contributed by atoms with Crippen molar-refractivity contribution < 1.29 is 69.9 Å². The van der Waals surface area contributed by atoms with Crippen molar-refractivity contribution in [2.24, 2.45) is 5.41 Å². The lowest BCUT2D eigenvalue weighted by molar-refractivity contribution is -0.144. The average molecular weight is 1150 g/mol. The number of unbranched alkanes of at least 4 members (excludes halogenated alkanes) is 32. The number of carboxylic acid groups (broad SMARTS) is 3. The lowest BCUT2D eigenvalue weighted by atomic mass is 9.70. The van der Waals surface area contributed by atoms with Gasteiger partial charge in [-0.2, -0.15) is 0 Å². The Labute approximate surface area is 493 Å². The van der Waals surface area contributed by atoms with Crippen LogP contribution in [0.5, 0.6) is 34.5 Å². The standard InChI is InChI=1S/C32H42O10.2C18H34O2/c1-2-3-4-5-6-7-8-9-10-11-12-13-14-15-16-32(31(41)42,29(39)21-17-23(33)27(37)24(34)18-21)30(40)22-19-25(35)28(38)26(36)20-22;2*1-2-3-4-5-6-7-8-9-10-11-12-13-14-15-16-17-18(19)20/h9-10,17-20,33-38H,2-8,11-16H2,1H3,(H,41,42);2*9-10H,2-8,11-17H2,1H3,(H,19,20). The Bertz CT molecular complexity index is 1940. The van der Waals surface area contributed by atoms with E-state index >= 15 is 0 Å². The molecule has 0 fully saturated rings. The third-order valence-electron chi connectivity index (χ3n) is 14.7. The molecule has 0 atom stereocenters. The molecule has 0 heterocycles. The normalized spacial score (nSPS) is 11.5. The van der Waals surface area contributed by atoms with Gasteiger partial charge < -0.3 is 46.0 Å². The molecule has 14 nitrogen and oxygen atoms in total. The van der Waals surface area contributed by atoms with Gasteiger partial charge in [0.05, 0.1) is 0 Å². The van der Waals surface area contributed by atoms with E-state index < -0.39 is 86.9 Å². The molecule has 0 unspecified atom stereocenters. The molecule has 0 aromatic heterocycles. The molecule has 0 aliphatic rings. The van der Waals surface area contributed by atoms with Gasteiger partial charge >= 0.3 is 17.9 Å². The number of carbonyl (C=O) groups is 5. The van der Waals surface area contributed by atoms with Crippen LogP contribution in [0.2, 0.25) is 0 Å². The van der Waals surface area contributed by atoms with E-state index in [1.165, 1.54) is 173 Å². The van der Waals surface area contributed by atoms with E-state index in [1.54, 1.807) is 0 Å². The van der Waals surface area contributed by atoms with Crippen molar-refractivity contribution in [3.63, 3.8) is 0 Å². The number of ketones is 2. The van der Waals surface area contributed by atoms with E-state index in [1.807, 2.05) is 0 Å². The van der Waals surface area contributed by atoms with E-state index in [4.69, 9.17) is 10.2 Å². The zero-order valence-corrected chi connectivity index (χ0v) is 50.8. The van der Waals surface area contributed by atoms with Crippen molar-refractivity contribution in [2.75, 3.05) is 0 Å². The number of rotatable bonds is 49. The van der Waals surface area contributed by atoms with Crippen LogP contribution in [0.15, 0.2) is 60.7 Å². The first-order valence-corrected chi connectivity index (χ1v) is 31.7. The van der Waals surface area contributed by atoms with Gasteiger partial charge in [0, 0.05) is 24.0 Å². The minimum Gasteiger partial charge on any atom is -0.504 e. The number of carboxylic acids is 3. The van der Waals surface area contributed by atoms with E-state index in [-0.39, 0.29) is 6.42 Å². The van der Waals surface area contributed by atoms with Gasteiger partial charge in [-0.15, -0.1) is 0 Å². The van der Waals surface area contributed by atoms with Crippen molar-refractivity contribution in [1.82, 2.24) is 0 Å². The highest BCUT2D eigenvalue weighted by Gasteiger charge is 2.53. The summed E-state index contributed by atoms with van der Waals surface area (Å²) in [5.41, 5.74) is -3.84. The molecule has 14 heteroatoms. The Balaban J connectivity index is 0.00000137. The Morgan fingerprint density at radius 2 is 0.549 bits per heavy atom. The third kappa shape index (κ3) is 37.3. The largest absolute Gasteiger partial charge is 0.504 e. The lowest BCUT2D eigenvalue weighted by Crippen LogP contribution is -2.46. The van der Waals surface area contributed by atoms with Gasteiger partial charge in [-0.25, -0.2) is 0 Å². The molecular weight excluding hydrogens is 1040 g/mol. The van der Waals surface area contributed by atoms with Crippen molar-refractivity contribution in [2.45, 2.75) is 284 Å². The number of allylic oxidation sites excluding steroid dienone is 6. The van der Waals surface area contributed by atoms with Gasteiger partial charge in [0.25, 0.3) is 0 Å². The minimum atomic E-state index is -2.76. The number of Topliss-reactive ketones (excluding diaryl/α,β-unsaturated/α-hetero) is 2. The van der Waals surface area contributed by atoms with Crippen LogP contribution in [0.3, 0.4) is 0 Å². The molecular formula is C68H110O14. The molecule has 2 rings (SSSR count). The second-order valence-electron chi connectivity index (χ2n) is 22.0. The van der Waals surface area contributed by atoms with E-state index in [0.29, 0.717) is 25.7 Å². The summed E-state index contributed by atoms with van der Waals surface area (Å²) in [5, 5.41) is 86.3. The first kappa shape index (κ1) is 76.2. The molecule has 0 amide bonds. The molecule has 9 N–H and O–H groups in total. The molecule has 0 spiro atoms. The van der Waals surface area contributed by atoms with Gasteiger partial charge in [-0.3, -0.25) is 24.0 Å². The molecule has 2 aromatic rings. The Hall–Kier alpha value is -5.79. The van der Waals surface area contributed by atoms with Crippen molar-refractivity contribution in [1.29, 1.82) is 0 Å². The van der Waals surface area contributed by atoms with Crippen LogP contribution in [0.25, 0.3) is 0 Å². The quantitative estimate of drug-likeness (QED) is 0.00981.